The third-order valence-electron chi connectivity index (χ3n) is 4.39. The Morgan fingerprint density at radius 2 is 2.05 bits per heavy atom. The zero-order valence-corrected chi connectivity index (χ0v) is 10.8. The van der Waals surface area contributed by atoms with Crippen molar-refractivity contribution in [2.75, 3.05) is 7.18 Å². The molecule has 0 amide bonds. The molecule has 1 saturated carbocycles. The van der Waals surface area contributed by atoms with E-state index in [9.17, 15) is 9.18 Å². The molecule has 0 heterocycles. The third kappa shape index (κ3) is 1.73. The van der Waals surface area contributed by atoms with Crippen molar-refractivity contribution in [1.29, 1.82) is 0 Å². The lowest BCUT2D eigenvalue weighted by Crippen LogP contribution is -2.20. The Hall–Kier alpha value is -1.88. The molecule has 2 bridgehead atoms. The Balaban J connectivity index is 0.000000528. The Bertz CT molecular complexity index is 544. The van der Waals surface area contributed by atoms with Gasteiger partial charge < -0.3 is 0 Å². The Morgan fingerprint density at radius 3 is 2.74 bits per heavy atom. The summed E-state index contributed by atoms with van der Waals surface area (Å²) in [6.07, 6.45) is 7.89. The van der Waals surface area contributed by atoms with E-state index in [0.29, 0.717) is 30.7 Å². The van der Waals surface area contributed by atoms with Crippen LogP contribution in [0.4, 0.5) is 4.39 Å². The van der Waals surface area contributed by atoms with E-state index < -0.39 is 0 Å². The zero-order chi connectivity index (χ0) is 13.4. The lowest BCUT2D eigenvalue weighted by Gasteiger charge is -2.17. The molecule has 2 heteroatoms. The van der Waals surface area contributed by atoms with Gasteiger partial charge in [-0.2, -0.15) is 0 Å². The molecule has 4 rings (SSSR count). The van der Waals surface area contributed by atoms with Crippen molar-refractivity contribution < 1.29 is 9.18 Å². The number of Topliss-reactive ketones (excluding diaryl/α,β-unsaturated/α-hetero) is 1. The molecule has 0 spiro atoms. The van der Waals surface area contributed by atoms with Crippen molar-refractivity contribution in [1.82, 2.24) is 0 Å². The van der Waals surface area contributed by atoms with Crippen LogP contribution >= 0.6 is 0 Å². The highest BCUT2D eigenvalue weighted by Gasteiger charge is 2.51. The second-order valence-corrected chi connectivity index (χ2v) is 5.20. The van der Waals surface area contributed by atoms with Crippen LogP contribution in [0, 0.1) is 35.8 Å². The molecule has 0 N–H and O–H groups in total. The predicted molar refractivity (Wildman–Crippen MR) is 71.8 cm³/mol. The van der Waals surface area contributed by atoms with Crippen LogP contribution in [0.15, 0.2) is 36.4 Å². The lowest BCUT2D eigenvalue weighted by atomic mass is 9.84. The summed E-state index contributed by atoms with van der Waals surface area (Å²) >= 11 is 0. The Morgan fingerprint density at radius 1 is 1.26 bits per heavy atom. The number of halogens is 1. The van der Waals surface area contributed by atoms with Crippen LogP contribution in [0.1, 0.15) is 12.0 Å². The van der Waals surface area contributed by atoms with E-state index >= 15 is 0 Å². The van der Waals surface area contributed by atoms with Gasteiger partial charge >= 0.3 is 0 Å². The third-order valence-corrected chi connectivity index (χ3v) is 4.39. The fraction of sp³-hybridized carbons (Fsp3) is 0.353. The maximum Gasteiger partial charge on any atom is 0.168 e. The fourth-order valence-electron chi connectivity index (χ4n) is 3.64. The summed E-state index contributed by atoms with van der Waals surface area (Å²) in [7, 11) is 0.500. The summed E-state index contributed by atoms with van der Waals surface area (Å²) in [4.78, 5) is 12.4. The van der Waals surface area contributed by atoms with Crippen LogP contribution in [0.25, 0.3) is 5.57 Å². The average Bonchev–Trinajstić information content (AvgIpc) is 3.15. The summed E-state index contributed by atoms with van der Waals surface area (Å²) in [5.74, 6) is 2.07. The summed E-state index contributed by atoms with van der Waals surface area (Å²) in [6, 6.07) is 11.7. The number of rotatable bonds is 1. The van der Waals surface area contributed by atoms with Gasteiger partial charge in [0.05, 0.1) is 7.18 Å². The van der Waals surface area contributed by atoms with Crippen LogP contribution in [0.2, 0.25) is 0 Å². The second kappa shape index (κ2) is 4.66. The molecule has 4 atom stereocenters. The second-order valence-electron chi connectivity index (χ2n) is 5.20. The minimum atomic E-state index is 0.216. The molecule has 1 nitrogen and oxygen atoms in total. The highest BCUT2D eigenvalue weighted by molar-refractivity contribution is 6.24. The van der Waals surface area contributed by atoms with E-state index in [1.807, 2.05) is 18.2 Å². The first-order valence-electron chi connectivity index (χ1n) is 6.55. The largest absolute Gasteiger partial charge is 0.294 e. The van der Waals surface area contributed by atoms with Gasteiger partial charge in [0.15, 0.2) is 5.78 Å². The quantitative estimate of drug-likeness (QED) is 0.703. The average molecular weight is 254 g/mol. The molecule has 0 aromatic heterocycles. The van der Waals surface area contributed by atoms with Gasteiger partial charge in [0.25, 0.3) is 0 Å². The Kier molecular flexibility index (Phi) is 2.98. The number of ketones is 1. The van der Waals surface area contributed by atoms with Crippen molar-refractivity contribution in [3.05, 3.63) is 54.1 Å². The minimum Gasteiger partial charge on any atom is -0.294 e. The number of carbonyl (C=O) groups excluding carboxylic acids is 1. The summed E-state index contributed by atoms with van der Waals surface area (Å²) in [5, 5.41) is 0. The van der Waals surface area contributed by atoms with Crippen LogP contribution in [-0.2, 0) is 4.79 Å². The zero-order valence-electron chi connectivity index (χ0n) is 10.8. The smallest absolute Gasteiger partial charge is 0.168 e. The number of carbonyl (C=O) groups is 1. The molecule has 0 saturated heterocycles. The Labute approximate surface area is 112 Å². The van der Waals surface area contributed by atoms with Crippen molar-refractivity contribution in [2.24, 2.45) is 23.7 Å². The van der Waals surface area contributed by atoms with E-state index in [2.05, 4.69) is 30.4 Å². The number of hydrogen-bond acceptors (Lipinski definition) is 1. The molecule has 19 heavy (non-hydrogen) atoms. The highest BCUT2D eigenvalue weighted by atomic mass is 19.1. The molecule has 96 valence electrons. The number of alkyl halides is 1. The number of allylic oxidation sites excluding steroid dienone is 4. The molecule has 1 fully saturated rings. The summed E-state index contributed by atoms with van der Waals surface area (Å²) in [6.45, 7) is 0. The first-order chi connectivity index (χ1) is 9.34. The van der Waals surface area contributed by atoms with Crippen LogP contribution in [-0.4, -0.2) is 13.0 Å². The normalized spacial score (nSPS) is 33.4. The van der Waals surface area contributed by atoms with E-state index in [1.165, 1.54) is 6.42 Å². The summed E-state index contributed by atoms with van der Waals surface area (Å²) < 4.78 is 9.50. The van der Waals surface area contributed by atoms with Crippen LogP contribution in [0.5, 0.6) is 0 Å². The van der Waals surface area contributed by atoms with Gasteiger partial charge in [-0.3, -0.25) is 9.18 Å². The van der Waals surface area contributed by atoms with Gasteiger partial charge in [-0.15, -0.1) is 0 Å². The molecule has 1 aromatic carbocycles. The lowest BCUT2D eigenvalue weighted by molar-refractivity contribution is -0.117. The first-order valence-corrected chi connectivity index (χ1v) is 6.55. The SMILES string of the molecule is CF.O=C1C(c2c#cccc2)=CC2C3C=CC(C3)C12. The van der Waals surface area contributed by atoms with Crippen LogP contribution < -0.4 is 0 Å². The molecule has 0 aliphatic heterocycles. The van der Waals surface area contributed by atoms with Crippen molar-refractivity contribution in [2.45, 2.75) is 6.42 Å². The maximum atomic E-state index is 12.4. The van der Waals surface area contributed by atoms with Crippen LogP contribution in [0.3, 0.4) is 0 Å². The molecule has 3 aliphatic carbocycles. The van der Waals surface area contributed by atoms with Gasteiger partial charge in [-0.05, 0) is 36.3 Å². The van der Waals surface area contributed by atoms with E-state index in [1.54, 1.807) is 0 Å². The standard InChI is InChI=1S/C16H12O.CH3F/c17-16-14(10-4-2-1-3-5-10)9-13-11-6-7-12(8-11)15(13)16;1-2/h1-2,4,6-7,9,11-13,15H,8H2;1H3. The molecule has 0 radical (unpaired) electrons. The van der Waals surface area contributed by atoms with Crippen molar-refractivity contribution in [3.8, 4) is 0 Å². The van der Waals surface area contributed by atoms with Gasteiger partial charge in [0.2, 0.25) is 0 Å². The molecular formula is C17H15FO. The summed E-state index contributed by atoms with van der Waals surface area (Å²) in [5.41, 5.74) is 1.78. The van der Waals surface area contributed by atoms with Gasteiger partial charge in [0, 0.05) is 17.1 Å². The van der Waals surface area contributed by atoms with Crippen molar-refractivity contribution >= 4 is 11.4 Å². The first kappa shape index (κ1) is 12.2. The minimum absolute atomic E-state index is 0.216. The van der Waals surface area contributed by atoms with Crippen molar-refractivity contribution in [3.63, 3.8) is 0 Å². The monoisotopic (exact) mass is 254 g/mol. The van der Waals surface area contributed by atoms with Gasteiger partial charge in [-0.25, -0.2) is 0 Å². The molecular weight excluding hydrogens is 239 g/mol. The highest BCUT2D eigenvalue weighted by Crippen LogP contribution is 2.54. The van der Waals surface area contributed by atoms with E-state index in [0.717, 1.165) is 11.1 Å². The molecule has 4 unspecified atom stereocenters. The maximum absolute atomic E-state index is 12.4. The number of hydrogen-bond donors (Lipinski definition) is 0. The van der Waals surface area contributed by atoms with Gasteiger partial charge in [0.1, 0.15) is 0 Å². The van der Waals surface area contributed by atoms with Gasteiger partial charge in [-0.1, -0.05) is 36.4 Å². The predicted octanol–water partition coefficient (Wildman–Crippen LogP) is 3.28. The van der Waals surface area contributed by atoms with E-state index in [-0.39, 0.29) is 5.92 Å². The molecule has 1 aromatic rings. The molecule has 3 aliphatic rings. The number of fused-ring (bicyclic) bond motifs is 5. The topological polar surface area (TPSA) is 17.1 Å². The van der Waals surface area contributed by atoms with E-state index in [4.69, 9.17) is 0 Å². The fourth-order valence-corrected chi connectivity index (χ4v) is 3.64.